The first kappa shape index (κ1) is 14.8. The fourth-order valence-corrected chi connectivity index (χ4v) is 4.23. The Hall–Kier alpha value is -1.10. The van der Waals surface area contributed by atoms with Gasteiger partial charge in [-0.1, -0.05) is 41.3 Å². The molecule has 3 rings (SSSR count). The van der Waals surface area contributed by atoms with Crippen molar-refractivity contribution in [3.63, 3.8) is 0 Å². The molecule has 2 fully saturated rings. The van der Waals surface area contributed by atoms with E-state index in [9.17, 15) is 10.1 Å². The Morgan fingerprint density at radius 1 is 1.24 bits per heavy atom. The largest absolute Gasteiger partial charge is 0.366 e. The number of anilines is 1. The van der Waals surface area contributed by atoms with Crippen LogP contribution >= 0.6 is 15.9 Å². The fourth-order valence-electron chi connectivity index (χ4n) is 3.89. The van der Waals surface area contributed by atoms with Crippen LogP contribution in [0, 0.1) is 22.0 Å². The number of nitrogens with zero attached hydrogens (tertiary/aromatic N) is 2. The Morgan fingerprint density at radius 3 is 2.71 bits per heavy atom. The molecule has 5 heteroatoms. The number of piperidine rings is 1. The van der Waals surface area contributed by atoms with E-state index in [4.69, 9.17) is 0 Å². The van der Waals surface area contributed by atoms with Crippen molar-refractivity contribution in [2.75, 3.05) is 18.0 Å². The summed E-state index contributed by atoms with van der Waals surface area (Å²) in [5.41, 5.74) is 2.01. The molecule has 21 heavy (non-hydrogen) atoms. The molecule has 0 aromatic heterocycles. The number of fused-ring (bicyclic) bond motifs is 1. The summed E-state index contributed by atoms with van der Waals surface area (Å²) in [4.78, 5) is 13.4. The van der Waals surface area contributed by atoms with Crippen molar-refractivity contribution < 1.29 is 4.92 Å². The van der Waals surface area contributed by atoms with Gasteiger partial charge in [-0.3, -0.25) is 10.1 Å². The third-order valence-electron chi connectivity index (χ3n) is 5.02. The van der Waals surface area contributed by atoms with Crippen LogP contribution in [0.1, 0.15) is 37.7 Å². The summed E-state index contributed by atoms with van der Waals surface area (Å²) >= 11 is 3.37. The Kier molecular flexibility index (Phi) is 4.48. The molecule has 1 aromatic rings. The Labute approximate surface area is 133 Å². The van der Waals surface area contributed by atoms with Gasteiger partial charge in [-0.05, 0) is 36.3 Å². The molecule has 2 unspecified atom stereocenters. The fraction of sp³-hybridized carbons (Fsp3) is 0.625. The van der Waals surface area contributed by atoms with E-state index in [1.807, 2.05) is 12.1 Å². The zero-order valence-electron chi connectivity index (χ0n) is 12.1. The summed E-state index contributed by atoms with van der Waals surface area (Å²) in [5, 5.41) is 12.0. The lowest BCUT2D eigenvalue weighted by Crippen LogP contribution is -2.42. The maximum atomic E-state index is 11.4. The summed E-state index contributed by atoms with van der Waals surface area (Å²) in [7, 11) is 0. The van der Waals surface area contributed by atoms with Crippen LogP contribution in [0.5, 0.6) is 0 Å². The summed E-state index contributed by atoms with van der Waals surface area (Å²) < 4.78 is 0. The molecule has 1 saturated heterocycles. The predicted molar refractivity (Wildman–Crippen MR) is 88.0 cm³/mol. The standard InChI is InChI=1S/C16H21BrN2O2/c17-10-12-5-6-15(16(9-12)19(20)21)18-8-7-13-3-1-2-4-14(13)11-18/h5-6,9,13-14H,1-4,7-8,10-11H2. The van der Waals surface area contributed by atoms with Gasteiger partial charge < -0.3 is 4.90 Å². The van der Waals surface area contributed by atoms with Gasteiger partial charge in [0.1, 0.15) is 5.69 Å². The van der Waals surface area contributed by atoms with Gasteiger partial charge in [0.15, 0.2) is 0 Å². The second kappa shape index (κ2) is 6.34. The first-order chi connectivity index (χ1) is 10.2. The highest BCUT2D eigenvalue weighted by Gasteiger charge is 2.33. The van der Waals surface area contributed by atoms with Gasteiger partial charge >= 0.3 is 0 Å². The van der Waals surface area contributed by atoms with Gasteiger partial charge in [0.05, 0.1) is 4.92 Å². The molecule has 2 atom stereocenters. The normalized spacial score (nSPS) is 25.5. The molecule has 0 N–H and O–H groups in total. The van der Waals surface area contributed by atoms with Crippen LogP contribution in [0.2, 0.25) is 0 Å². The van der Waals surface area contributed by atoms with Gasteiger partial charge in [0, 0.05) is 24.5 Å². The van der Waals surface area contributed by atoms with Gasteiger partial charge in [-0.25, -0.2) is 0 Å². The molecular weight excluding hydrogens is 332 g/mol. The highest BCUT2D eigenvalue weighted by Crippen LogP contribution is 2.39. The van der Waals surface area contributed by atoms with E-state index in [1.54, 1.807) is 6.07 Å². The van der Waals surface area contributed by atoms with E-state index in [2.05, 4.69) is 20.8 Å². The molecule has 114 valence electrons. The third kappa shape index (κ3) is 3.07. The van der Waals surface area contributed by atoms with Gasteiger partial charge in [-0.2, -0.15) is 0 Å². The first-order valence-corrected chi connectivity index (χ1v) is 8.89. The van der Waals surface area contributed by atoms with Crippen LogP contribution < -0.4 is 4.90 Å². The van der Waals surface area contributed by atoms with E-state index in [1.165, 1.54) is 32.1 Å². The maximum absolute atomic E-state index is 11.4. The highest BCUT2D eigenvalue weighted by atomic mass is 79.9. The molecule has 1 saturated carbocycles. The molecule has 0 bridgehead atoms. The average molecular weight is 353 g/mol. The SMILES string of the molecule is O=[N+]([O-])c1cc(CBr)ccc1N1CCC2CCCCC2C1. The van der Waals surface area contributed by atoms with E-state index in [-0.39, 0.29) is 10.6 Å². The van der Waals surface area contributed by atoms with E-state index in [0.717, 1.165) is 36.2 Å². The number of nitro groups is 1. The molecule has 0 amide bonds. The minimum atomic E-state index is -0.242. The topological polar surface area (TPSA) is 46.4 Å². The molecule has 1 aromatic carbocycles. The third-order valence-corrected chi connectivity index (χ3v) is 5.67. The van der Waals surface area contributed by atoms with Crippen LogP contribution in [0.15, 0.2) is 18.2 Å². The summed E-state index contributed by atoms with van der Waals surface area (Å²) in [6.45, 7) is 1.94. The molecule has 1 aliphatic heterocycles. The number of hydrogen-bond donors (Lipinski definition) is 0. The number of rotatable bonds is 3. The molecule has 0 spiro atoms. The van der Waals surface area contributed by atoms with E-state index in [0.29, 0.717) is 5.33 Å². The van der Waals surface area contributed by atoms with Crippen LogP contribution in [0.4, 0.5) is 11.4 Å². The van der Waals surface area contributed by atoms with Crippen LogP contribution in [0.3, 0.4) is 0 Å². The van der Waals surface area contributed by atoms with E-state index < -0.39 is 0 Å². The maximum Gasteiger partial charge on any atom is 0.292 e. The van der Waals surface area contributed by atoms with Gasteiger partial charge in [-0.15, -0.1) is 0 Å². The zero-order valence-corrected chi connectivity index (χ0v) is 13.7. The molecule has 2 aliphatic rings. The van der Waals surface area contributed by atoms with Gasteiger partial charge in [0.25, 0.3) is 5.69 Å². The summed E-state index contributed by atoms with van der Waals surface area (Å²) in [6, 6.07) is 5.62. The zero-order chi connectivity index (χ0) is 14.8. The smallest absolute Gasteiger partial charge is 0.292 e. The van der Waals surface area contributed by atoms with Crippen LogP contribution in [-0.2, 0) is 5.33 Å². The first-order valence-electron chi connectivity index (χ1n) is 7.77. The number of alkyl halides is 1. The van der Waals surface area contributed by atoms with Crippen molar-refractivity contribution >= 4 is 27.3 Å². The Balaban J connectivity index is 1.84. The number of benzene rings is 1. The number of hydrogen-bond acceptors (Lipinski definition) is 3. The van der Waals surface area contributed by atoms with Gasteiger partial charge in [0.2, 0.25) is 0 Å². The Bertz CT molecular complexity index is 535. The van der Waals surface area contributed by atoms with Crippen LogP contribution in [0.25, 0.3) is 0 Å². The number of halogens is 1. The molecule has 1 heterocycles. The Morgan fingerprint density at radius 2 is 2.00 bits per heavy atom. The lowest BCUT2D eigenvalue weighted by atomic mass is 9.75. The van der Waals surface area contributed by atoms with E-state index >= 15 is 0 Å². The summed E-state index contributed by atoms with van der Waals surface area (Å²) in [6.07, 6.45) is 6.50. The van der Waals surface area contributed by atoms with Crippen molar-refractivity contribution in [1.29, 1.82) is 0 Å². The molecule has 4 nitrogen and oxygen atoms in total. The lowest BCUT2D eigenvalue weighted by Gasteiger charge is -2.42. The molecule has 0 radical (unpaired) electrons. The molecule has 1 aliphatic carbocycles. The van der Waals surface area contributed by atoms with Crippen molar-refractivity contribution in [3.05, 3.63) is 33.9 Å². The minimum absolute atomic E-state index is 0.242. The highest BCUT2D eigenvalue weighted by molar-refractivity contribution is 9.08. The lowest BCUT2D eigenvalue weighted by molar-refractivity contribution is -0.384. The number of nitro benzene ring substituents is 1. The average Bonchev–Trinajstić information content (AvgIpc) is 2.53. The van der Waals surface area contributed by atoms with Crippen LogP contribution in [-0.4, -0.2) is 18.0 Å². The summed E-state index contributed by atoms with van der Waals surface area (Å²) in [5.74, 6) is 1.57. The predicted octanol–water partition coefficient (Wildman–Crippen LogP) is 4.51. The quantitative estimate of drug-likeness (QED) is 0.456. The second-order valence-electron chi connectivity index (χ2n) is 6.25. The van der Waals surface area contributed by atoms with Crippen molar-refractivity contribution in [1.82, 2.24) is 0 Å². The van der Waals surface area contributed by atoms with Crippen molar-refractivity contribution in [2.45, 2.75) is 37.4 Å². The second-order valence-corrected chi connectivity index (χ2v) is 6.81. The van der Waals surface area contributed by atoms with Crippen molar-refractivity contribution in [3.8, 4) is 0 Å². The monoisotopic (exact) mass is 352 g/mol. The van der Waals surface area contributed by atoms with Crippen molar-refractivity contribution in [2.24, 2.45) is 11.8 Å². The minimum Gasteiger partial charge on any atom is -0.366 e. The molecular formula is C16H21BrN2O2.